The van der Waals surface area contributed by atoms with Gasteiger partial charge in [-0.2, -0.15) is 5.10 Å². The lowest BCUT2D eigenvalue weighted by molar-refractivity contribution is 0.0954. The number of halogens is 1. The van der Waals surface area contributed by atoms with E-state index >= 15 is 0 Å². The van der Waals surface area contributed by atoms with E-state index in [-0.39, 0.29) is 5.91 Å². The molecule has 0 aromatic heterocycles. The van der Waals surface area contributed by atoms with Crippen molar-refractivity contribution in [1.29, 1.82) is 0 Å². The number of hydrazone groups is 1. The molecule has 0 aliphatic rings. The first-order chi connectivity index (χ1) is 14.5. The number of nitrogens with zero attached hydrogens (tertiary/aromatic N) is 1. The lowest BCUT2D eigenvalue weighted by Gasteiger charge is -2.14. The van der Waals surface area contributed by atoms with Crippen molar-refractivity contribution in [2.75, 3.05) is 26.9 Å². The Hall–Kier alpha value is -2.49. The van der Waals surface area contributed by atoms with Crippen molar-refractivity contribution < 1.29 is 23.7 Å². The molecule has 8 heteroatoms. The highest BCUT2D eigenvalue weighted by atomic mass is 127. The summed E-state index contributed by atoms with van der Waals surface area (Å²) in [5, 5.41) is 4.07. The average molecular weight is 526 g/mol. The van der Waals surface area contributed by atoms with E-state index in [2.05, 4.69) is 40.0 Å². The number of hydrogen-bond donors (Lipinski definition) is 1. The van der Waals surface area contributed by atoms with Gasteiger partial charge in [0, 0.05) is 5.56 Å². The zero-order valence-electron chi connectivity index (χ0n) is 17.7. The van der Waals surface area contributed by atoms with Crippen LogP contribution in [0.2, 0.25) is 0 Å². The van der Waals surface area contributed by atoms with Crippen LogP contribution in [0.25, 0.3) is 0 Å². The summed E-state index contributed by atoms with van der Waals surface area (Å²) in [6.07, 6.45) is 2.48. The van der Waals surface area contributed by atoms with E-state index < -0.39 is 0 Å². The number of carbonyl (C=O) groups excluding carboxylic acids is 1. The summed E-state index contributed by atoms with van der Waals surface area (Å²) < 4.78 is 23.2. The van der Waals surface area contributed by atoms with E-state index in [0.29, 0.717) is 42.6 Å². The SMILES string of the molecule is CCCOc1c(I)cc(/C=N/NC(=O)c2ccc(OCC)c(OC)c2)cc1OCC. The number of rotatable bonds is 11. The number of amides is 1. The topological polar surface area (TPSA) is 78.4 Å². The van der Waals surface area contributed by atoms with Crippen LogP contribution in [0.1, 0.15) is 43.1 Å². The maximum Gasteiger partial charge on any atom is 0.271 e. The quantitative estimate of drug-likeness (QED) is 0.262. The van der Waals surface area contributed by atoms with Crippen molar-refractivity contribution in [3.8, 4) is 23.0 Å². The molecule has 1 N–H and O–H groups in total. The molecule has 0 saturated heterocycles. The molecule has 7 nitrogen and oxygen atoms in total. The van der Waals surface area contributed by atoms with Gasteiger partial charge >= 0.3 is 0 Å². The Balaban J connectivity index is 2.13. The summed E-state index contributed by atoms with van der Waals surface area (Å²) >= 11 is 2.20. The van der Waals surface area contributed by atoms with Gasteiger partial charge in [0.25, 0.3) is 5.91 Å². The number of ether oxygens (including phenoxy) is 4. The second kappa shape index (κ2) is 12.3. The second-order valence-corrected chi connectivity index (χ2v) is 7.27. The van der Waals surface area contributed by atoms with Crippen LogP contribution in [0.4, 0.5) is 0 Å². The predicted octanol–water partition coefficient (Wildman–Crippen LogP) is 4.65. The van der Waals surface area contributed by atoms with E-state index in [4.69, 9.17) is 18.9 Å². The smallest absolute Gasteiger partial charge is 0.271 e. The molecule has 0 radical (unpaired) electrons. The molecule has 0 atom stereocenters. The van der Waals surface area contributed by atoms with E-state index in [1.54, 1.807) is 24.4 Å². The molecule has 2 rings (SSSR count). The van der Waals surface area contributed by atoms with Crippen molar-refractivity contribution in [2.45, 2.75) is 27.2 Å². The molecule has 30 heavy (non-hydrogen) atoms. The lowest BCUT2D eigenvalue weighted by Crippen LogP contribution is -2.17. The molecule has 0 saturated carbocycles. The van der Waals surface area contributed by atoms with Gasteiger partial charge in [-0.1, -0.05) is 6.92 Å². The predicted molar refractivity (Wildman–Crippen MR) is 125 cm³/mol. The molecule has 0 spiro atoms. The van der Waals surface area contributed by atoms with Gasteiger partial charge in [-0.25, -0.2) is 5.43 Å². The fourth-order valence-corrected chi connectivity index (χ4v) is 3.36. The third-order valence-electron chi connectivity index (χ3n) is 3.89. The van der Waals surface area contributed by atoms with Crippen LogP contribution in [-0.2, 0) is 0 Å². The van der Waals surface area contributed by atoms with Gasteiger partial charge in [0.15, 0.2) is 23.0 Å². The third kappa shape index (κ3) is 6.51. The largest absolute Gasteiger partial charge is 0.493 e. The van der Waals surface area contributed by atoms with Crippen LogP contribution >= 0.6 is 22.6 Å². The number of hydrogen-bond acceptors (Lipinski definition) is 6. The molecule has 1 amide bonds. The first-order valence-corrected chi connectivity index (χ1v) is 10.8. The monoisotopic (exact) mass is 526 g/mol. The number of methoxy groups -OCH3 is 1. The third-order valence-corrected chi connectivity index (χ3v) is 4.69. The van der Waals surface area contributed by atoms with Crippen LogP contribution in [0.5, 0.6) is 23.0 Å². The Morgan fingerprint density at radius 3 is 2.43 bits per heavy atom. The summed E-state index contributed by atoms with van der Waals surface area (Å²) in [5.41, 5.74) is 3.73. The fourth-order valence-electron chi connectivity index (χ4n) is 2.58. The van der Waals surface area contributed by atoms with Gasteiger partial charge in [-0.3, -0.25) is 4.79 Å². The Morgan fingerprint density at radius 2 is 1.77 bits per heavy atom. The first-order valence-electron chi connectivity index (χ1n) is 9.77. The normalized spacial score (nSPS) is 10.7. The Labute approximate surface area is 190 Å². The summed E-state index contributed by atoms with van der Waals surface area (Å²) in [5.74, 6) is 2.11. The fraction of sp³-hybridized carbons (Fsp3) is 0.364. The van der Waals surface area contributed by atoms with Crippen molar-refractivity contribution in [3.63, 3.8) is 0 Å². The summed E-state index contributed by atoms with van der Waals surface area (Å²) in [6, 6.07) is 8.74. The van der Waals surface area contributed by atoms with Gasteiger partial charge in [0.1, 0.15) is 0 Å². The van der Waals surface area contributed by atoms with Gasteiger partial charge in [0.2, 0.25) is 0 Å². The minimum atomic E-state index is -0.352. The van der Waals surface area contributed by atoms with Gasteiger partial charge in [-0.05, 0) is 78.8 Å². The zero-order chi connectivity index (χ0) is 21.9. The van der Waals surface area contributed by atoms with Crippen LogP contribution in [0.15, 0.2) is 35.4 Å². The molecular weight excluding hydrogens is 499 g/mol. The van der Waals surface area contributed by atoms with Gasteiger partial charge in [-0.15, -0.1) is 0 Å². The van der Waals surface area contributed by atoms with E-state index in [1.165, 1.54) is 7.11 Å². The lowest BCUT2D eigenvalue weighted by atomic mass is 10.2. The van der Waals surface area contributed by atoms with E-state index in [0.717, 1.165) is 21.3 Å². The number of carbonyl (C=O) groups is 1. The summed E-state index contributed by atoms with van der Waals surface area (Å²) in [4.78, 5) is 12.4. The minimum absolute atomic E-state index is 0.352. The molecular formula is C22H27IN2O5. The van der Waals surface area contributed by atoms with Crippen LogP contribution in [0, 0.1) is 3.57 Å². The number of nitrogens with one attached hydrogen (secondary N) is 1. The van der Waals surface area contributed by atoms with Gasteiger partial charge in [0.05, 0.1) is 36.7 Å². The molecule has 0 heterocycles. The highest BCUT2D eigenvalue weighted by molar-refractivity contribution is 14.1. The average Bonchev–Trinajstić information content (AvgIpc) is 2.74. The summed E-state index contributed by atoms with van der Waals surface area (Å²) in [6.45, 7) is 7.51. The first kappa shape index (κ1) is 23.8. The maximum atomic E-state index is 12.4. The van der Waals surface area contributed by atoms with Crippen molar-refractivity contribution in [3.05, 3.63) is 45.0 Å². The van der Waals surface area contributed by atoms with Crippen molar-refractivity contribution >= 4 is 34.7 Å². The van der Waals surface area contributed by atoms with Crippen LogP contribution in [0.3, 0.4) is 0 Å². The van der Waals surface area contributed by atoms with Crippen molar-refractivity contribution in [1.82, 2.24) is 5.43 Å². The molecule has 0 fully saturated rings. The Morgan fingerprint density at radius 1 is 1.03 bits per heavy atom. The standard InChI is InChI=1S/C22H27IN2O5/c1-5-10-30-21-17(23)11-15(12-20(21)29-7-3)14-24-25-22(26)16-8-9-18(28-6-2)19(13-16)27-4/h8-9,11-14H,5-7,10H2,1-4H3,(H,25,26)/b24-14+. The zero-order valence-corrected chi connectivity index (χ0v) is 19.8. The maximum absolute atomic E-state index is 12.4. The summed E-state index contributed by atoms with van der Waals surface area (Å²) in [7, 11) is 1.53. The van der Waals surface area contributed by atoms with Crippen molar-refractivity contribution in [2.24, 2.45) is 5.10 Å². The molecule has 0 aliphatic carbocycles. The second-order valence-electron chi connectivity index (χ2n) is 6.11. The van der Waals surface area contributed by atoms with Crippen LogP contribution < -0.4 is 24.4 Å². The molecule has 0 bridgehead atoms. The van der Waals surface area contributed by atoms with Gasteiger partial charge < -0.3 is 18.9 Å². The molecule has 2 aromatic carbocycles. The molecule has 2 aromatic rings. The molecule has 0 unspecified atom stereocenters. The highest BCUT2D eigenvalue weighted by Gasteiger charge is 2.12. The Kier molecular flexibility index (Phi) is 9.72. The molecule has 0 aliphatic heterocycles. The minimum Gasteiger partial charge on any atom is -0.493 e. The van der Waals surface area contributed by atoms with E-state index in [1.807, 2.05) is 26.0 Å². The van der Waals surface area contributed by atoms with E-state index in [9.17, 15) is 4.79 Å². The molecule has 162 valence electrons. The highest BCUT2D eigenvalue weighted by Crippen LogP contribution is 2.34. The van der Waals surface area contributed by atoms with Crippen LogP contribution in [-0.4, -0.2) is 39.1 Å². The number of benzene rings is 2. The Bertz CT molecular complexity index is 886.